The maximum Gasteiger partial charge on any atom is 0.224 e. The third-order valence-corrected chi connectivity index (χ3v) is 3.82. The normalized spacial score (nSPS) is 17.4. The van der Waals surface area contributed by atoms with Gasteiger partial charge in [0.15, 0.2) is 17.0 Å². The molecule has 0 spiro atoms. The van der Waals surface area contributed by atoms with E-state index in [0.29, 0.717) is 29.3 Å². The highest BCUT2D eigenvalue weighted by Crippen LogP contribution is 2.31. The first-order valence-corrected chi connectivity index (χ1v) is 7.52. The summed E-state index contributed by atoms with van der Waals surface area (Å²) in [7, 11) is 0. The molecule has 5 N–H and O–H groups in total. The highest BCUT2D eigenvalue weighted by atomic mass is 16.5. The Morgan fingerprint density at radius 3 is 2.71 bits per heavy atom. The Kier molecular flexibility index (Phi) is 3.35. The summed E-state index contributed by atoms with van der Waals surface area (Å²) in [5, 5.41) is 22.2. The minimum absolute atomic E-state index is 0.0688. The molecule has 9 nitrogen and oxygen atoms in total. The Morgan fingerprint density at radius 1 is 1.21 bits per heavy atom. The Balaban J connectivity index is 1.77. The van der Waals surface area contributed by atoms with Crippen LogP contribution in [0.5, 0.6) is 11.5 Å². The fraction of sp³-hybridized carbons (Fsp3) is 0.267. The number of benzene rings is 1. The first kappa shape index (κ1) is 14.5. The van der Waals surface area contributed by atoms with Gasteiger partial charge in [-0.05, 0) is 12.8 Å². The monoisotopic (exact) mass is 328 g/mol. The summed E-state index contributed by atoms with van der Waals surface area (Å²) in [6, 6.07) is 4.16. The molecule has 3 heterocycles. The first-order chi connectivity index (χ1) is 11.6. The van der Waals surface area contributed by atoms with Gasteiger partial charge in [-0.2, -0.15) is 9.97 Å². The molecule has 1 aliphatic heterocycles. The average Bonchev–Trinajstić information content (AvgIpc) is 3.14. The van der Waals surface area contributed by atoms with Crippen LogP contribution in [0.4, 0.5) is 17.5 Å². The second-order valence-corrected chi connectivity index (χ2v) is 5.59. The number of nitrogens with two attached hydrogens (primary N) is 1. The van der Waals surface area contributed by atoms with Crippen LogP contribution in [0.15, 0.2) is 24.5 Å². The number of aromatic hydroxyl groups is 2. The average molecular weight is 328 g/mol. The van der Waals surface area contributed by atoms with E-state index in [2.05, 4.69) is 20.3 Å². The Labute approximate surface area is 136 Å². The number of phenols is 2. The zero-order chi connectivity index (χ0) is 16.7. The summed E-state index contributed by atoms with van der Waals surface area (Å²) in [5.41, 5.74) is 7.38. The van der Waals surface area contributed by atoms with E-state index in [0.717, 1.165) is 12.8 Å². The smallest absolute Gasteiger partial charge is 0.224 e. The van der Waals surface area contributed by atoms with Gasteiger partial charge in [-0.25, -0.2) is 4.98 Å². The number of fused-ring (bicyclic) bond motifs is 1. The summed E-state index contributed by atoms with van der Waals surface area (Å²) < 4.78 is 7.51. The molecule has 0 saturated carbocycles. The van der Waals surface area contributed by atoms with E-state index in [9.17, 15) is 10.2 Å². The van der Waals surface area contributed by atoms with Crippen molar-refractivity contribution in [1.29, 1.82) is 0 Å². The number of rotatable bonds is 3. The van der Waals surface area contributed by atoms with Crippen molar-refractivity contribution in [2.75, 3.05) is 17.7 Å². The number of nitrogens with zero attached hydrogens (tertiary/aromatic N) is 4. The summed E-state index contributed by atoms with van der Waals surface area (Å²) in [5.74, 6) is 0.342. The van der Waals surface area contributed by atoms with Crippen LogP contribution in [0.25, 0.3) is 11.2 Å². The van der Waals surface area contributed by atoms with Crippen LogP contribution >= 0.6 is 0 Å². The number of nitrogen functional groups attached to an aromatic ring is 1. The fourth-order valence-electron chi connectivity index (χ4n) is 2.82. The predicted octanol–water partition coefficient (Wildman–Crippen LogP) is 1.87. The lowest BCUT2D eigenvalue weighted by molar-refractivity contribution is 0.0593. The van der Waals surface area contributed by atoms with Gasteiger partial charge < -0.3 is 26.0 Å². The van der Waals surface area contributed by atoms with Crippen molar-refractivity contribution >= 4 is 28.6 Å². The van der Waals surface area contributed by atoms with E-state index >= 15 is 0 Å². The molecular weight excluding hydrogens is 312 g/mol. The quantitative estimate of drug-likeness (QED) is 0.573. The SMILES string of the molecule is Nc1nc(Nc2cc(O)cc(O)c2)c2ncn(C3CCCO3)c2n1. The highest BCUT2D eigenvalue weighted by molar-refractivity contribution is 5.86. The third kappa shape index (κ3) is 2.54. The van der Waals surface area contributed by atoms with Crippen molar-refractivity contribution in [3.05, 3.63) is 24.5 Å². The van der Waals surface area contributed by atoms with Gasteiger partial charge in [-0.1, -0.05) is 0 Å². The van der Waals surface area contributed by atoms with Crippen LogP contribution in [0, 0.1) is 0 Å². The Hall–Kier alpha value is -3.07. The molecule has 3 aromatic rings. The van der Waals surface area contributed by atoms with Crippen LogP contribution in [-0.2, 0) is 4.74 Å². The van der Waals surface area contributed by atoms with Gasteiger partial charge in [0.05, 0.1) is 6.33 Å². The van der Waals surface area contributed by atoms with E-state index in [1.54, 1.807) is 6.33 Å². The van der Waals surface area contributed by atoms with Gasteiger partial charge >= 0.3 is 0 Å². The van der Waals surface area contributed by atoms with Crippen molar-refractivity contribution in [2.45, 2.75) is 19.1 Å². The van der Waals surface area contributed by atoms with Crippen molar-refractivity contribution in [3.8, 4) is 11.5 Å². The van der Waals surface area contributed by atoms with Crippen LogP contribution in [0.2, 0.25) is 0 Å². The molecule has 0 aliphatic carbocycles. The summed E-state index contributed by atoms with van der Waals surface area (Å²) >= 11 is 0. The topological polar surface area (TPSA) is 131 Å². The lowest BCUT2D eigenvalue weighted by atomic mass is 10.2. The van der Waals surface area contributed by atoms with Crippen molar-refractivity contribution in [2.24, 2.45) is 0 Å². The van der Waals surface area contributed by atoms with E-state index in [1.807, 2.05) is 4.57 Å². The molecule has 1 aliphatic rings. The molecule has 0 radical (unpaired) electrons. The van der Waals surface area contributed by atoms with Gasteiger partial charge in [-0.15, -0.1) is 0 Å². The zero-order valence-corrected chi connectivity index (χ0v) is 12.7. The number of aromatic nitrogens is 4. The van der Waals surface area contributed by atoms with Crippen LogP contribution in [0.1, 0.15) is 19.1 Å². The molecule has 9 heteroatoms. The van der Waals surface area contributed by atoms with Crippen molar-refractivity contribution in [3.63, 3.8) is 0 Å². The molecule has 2 aromatic heterocycles. The van der Waals surface area contributed by atoms with Gasteiger partial charge in [-0.3, -0.25) is 4.57 Å². The molecule has 124 valence electrons. The van der Waals surface area contributed by atoms with Gasteiger partial charge in [0.1, 0.15) is 17.7 Å². The largest absolute Gasteiger partial charge is 0.508 e. The van der Waals surface area contributed by atoms with Gasteiger partial charge in [0.2, 0.25) is 5.95 Å². The standard InChI is InChI=1S/C15H16N6O3/c16-15-19-13(18-8-4-9(22)6-10(23)5-8)12-14(20-15)21(7-17-12)11-2-1-3-24-11/h4-7,11,22-23H,1-3H2,(H3,16,18,19,20). The van der Waals surface area contributed by atoms with E-state index in [-0.39, 0.29) is 23.7 Å². The van der Waals surface area contributed by atoms with Gasteiger partial charge in [0.25, 0.3) is 0 Å². The molecule has 0 amide bonds. The maximum atomic E-state index is 9.59. The summed E-state index contributed by atoms with van der Waals surface area (Å²) in [6.45, 7) is 0.707. The number of ether oxygens (including phenoxy) is 1. The van der Waals surface area contributed by atoms with Gasteiger partial charge in [0, 0.05) is 30.5 Å². The number of imidazole rings is 1. The molecule has 4 rings (SSSR count). The van der Waals surface area contributed by atoms with Crippen molar-refractivity contribution in [1.82, 2.24) is 19.5 Å². The van der Waals surface area contributed by atoms with Crippen LogP contribution in [-0.4, -0.2) is 36.3 Å². The summed E-state index contributed by atoms with van der Waals surface area (Å²) in [6.07, 6.45) is 3.42. The highest BCUT2D eigenvalue weighted by Gasteiger charge is 2.22. The Bertz CT molecular complexity index is 883. The summed E-state index contributed by atoms with van der Waals surface area (Å²) in [4.78, 5) is 12.8. The molecule has 1 fully saturated rings. The number of hydrogen-bond acceptors (Lipinski definition) is 8. The molecular formula is C15H16N6O3. The minimum atomic E-state index is -0.109. The second-order valence-electron chi connectivity index (χ2n) is 5.59. The number of phenolic OH excluding ortho intramolecular Hbond substituents is 2. The molecule has 1 saturated heterocycles. The fourth-order valence-corrected chi connectivity index (χ4v) is 2.82. The maximum absolute atomic E-state index is 9.59. The molecule has 0 bridgehead atoms. The Morgan fingerprint density at radius 2 is 2.00 bits per heavy atom. The van der Waals surface area contributed by atoms with Crippen molar-refractivity contribution < 1.29 is 14.9 Å². The lowest BCUT2D eigenvalue weighted by Crippen LogP contribution is -2.08. The predicted molar refractivity (Wildman–Crippen MR) is 87.0 cm³/mol. The molecule has 1 unspecified atom stereocenters. The second kappa shape index (κ2) is 5.53. The minimum Gasteiger partial charge on any atom is -0.508 e. The van der Waals surface area contributed by atoms with Crippen LogP contribution in [0.3, 0.4) is 0 Å². The molecule has 24 heavy (non-hydrogen) atoms. The zero-order valence-electron chi connectivity index (χ0n) is 12.7. The number of nitrogens with one attached hydrogen (secondary N) is 1. The molecule has 1 atom stereocenters. The number of hydrogen-bond donors (Lipinski definition) is 4. The first-order valence-electron chi connectivity index (χ1n) is 7.52. The molecule has 1 aromatic carbocycles. The lowest BCUT2D eigenvalue weighted by Gasteiger charge is -2.12. The van der Waals surface area contributed by atoms with E-state index in [4.69, 9.17) is 10.5 Å². The third-order valence-electron chi connectivity index (χ3n) is 3.82. The van der Waals surface area contributed by atoms with Crippen LogP contribution < -0.4 is 11.1 Å². The van der Waals surface area contributed by atoms with E-state index < -0.39 is 0 Å². The van der Waals surface area contributed by atoms with E-state index in [1.165, 1.54) is 18.2 Å². The number of anilines is 3.